The molecule has 154 valence electrons. The van der Waals surface area contributed by atoms with Gasteiger partial charge in [0.2, 0.25) is 5.91 Å². The quantitative estimate of drug-likeness (QED) is 0.637. The summed E-state index contributed by atoms with van der Waals surface area (Å²) in [5.41, 5.74) is 2.32. The van der Waals surface area contributed by atoms with Crippen LogP contribution in [0, 0.1) is 18.8 Å². The number of carbonyl (C=O) groups excluding carboxylic acids is 2. The molecule has 1 saturated heterocycles. The van der Waals surface area contributed by atoms with E-state index in [0.717, 1.165) is 24.1 Å². The normalized spacial score (nSPS) is 15.7. The van der Waals surface area contributed by atoms with Gasteiger partial charge in [0.25, 0.3) is 0 Å². The van der Waals surface area contributed by atoms with Gasteiger partial charge in [0.15, 0.2) is 0 Å². The summed E-state index contributed by atoms with van der Waals surface area (Å²) in [5.74, 6) is 0.0726. The molecule has 1 unspecified atom stereocenters. The maximum atomic E-state index is 12.7. The van der Waals surface area contributed by atoms with E-state index in [1.54, 1.807) is 35.2 Å². The molecule has 0 bridgehead atoms. The molecule has 2 aromatic rings. The number of benzene rings is 2. The van der Waals surface area contributed by atoms with Crippen molar-refractivity contribution in [3.8, 4) is 0 Å². The minimum absolute atomic E-state index is 0.0144. The maximum Gasteiger partial charge on any atom is 0.321 e. The van der Waals surface area contributed by atoms with Crippen LogP contribution in [0.25, 0.3) is 0 Å². The van der Waals surface area contributed by atoms with Crippen LogP contribution in [0.5, 0.6) is 0 Å². The molecule has 7 heteroatoms. The van der Waals surface area contributed by atoms with E-state index in [0.29, 0.717) is 28.8 Å². The third-order valence-electron chi connectivity index (χ3n) is 5.57. The average molecular weight is 434 g/mol. The van der Waals surface area contributed by atoms with Gasteiger partial charge >= 0.3 is 6.03 Å². The summed E-state index contributed by atoms with van der Waals surface area (Å²) in [5, 5.41) is 7.14. The topological polar surface area (TPSA) is 61.4 Å². The Kier molecular flexibility index (Phi) is 7.04. The summed E-state index contributed by atoms with van der Waals surface area (Å²) in [4.78, 5) is 27.0. The predicted octanol–water partition coefficient (Wildman–Crippen LogP) is 5.82. The molecule has 0 spiro atoms. The zero-order valence-corrected chi connectivity index (χ0v) is 18.1. The summed E-state index contributed by atoms with van der Waals surface area (Å²) in [6.45, 7) is 5.08. The monoisotopic (exact) mass is 433 g/mol. The lowest BCUT2D eigenvalue weighted by atomic mass is 9.85. The number of likely N-dealkylation sites (tertiary alicyclic amines) is 1. The highest BCUT2D eigenvalue weighted by Crippen LogP contribution is 2.28. The highest BCUT2D eigenvalue weighted by molar-refractivity contribution is 6.31. The molecular weight excluding hydrogens is 409 g/mol. The summed E-state index contributed by atoms with van der Waals surface area (Å²) in [6.07, 6.45) is 1.58. The summed E-state index contributed by atoms with van der Waals surface area (Å²) in [7, 11) is 0. The lowest BCUT2D eigenvalue weighted by Crippen LogP contribution is -2.43. The van der Waals surface area contributed by atoms with E-state index in [2.05, 4.69) is 10.6 Å². The molecule has 29 heavy (non-hydrogen) atoms. The standard InChI is InChI=1S/C22H25Cl2N3O2/c1-14(21(28)26-20-5-3-4-19(24)15(20)2)16-10-12-27(13-11-16)22(29)25-18-8-6-17(23)7-9-18/h3-9,14,16H,10-13H2,1-2H3,(H,25,29)(H,26,28). The second kappa shape index (κ2) is 9.51. The molecule has 1 atom stereocenters. The summed E-state index contributed by atoms with van der Waals surface area (Å²) >= 11 is 12.0. The fraction of sp³-hybridized carbons (Fsp3) is 0.364. The van der Waals surface area contributed by atoms with E-state index in [-0.39, 0.29) is 23.8 Å². The highest BCUT2D eigenvalue weighted by atomic mass is 35.5. The molecule has 0 radical (unpaired) electrons. The van der Waals surface area contributed by atoms with Crippen molar-refractivity contribution in [1.29, 1.82) is 0 Å². The number of halogens is 2. The van der Waals surface area contributed by atoms with Gasteiger partial charge in [-0.1, -0.05) is 36.2 Å². The van der Waals surface area contributed by atoms with E-state index in [1.165, 1.54) is 0 Å². The van der Waals surface area contributed by atoms with Crippen molar-refractivity contribution in [3.05, 3.63) is 58.1 Å². The molecule has 0 aromatic heterocycles. The Balaban J connectivity index is 1.51. The first-order valence-electron chi connectivity index (χ1n) is 9.72. The van der Waals surface area contributed by atoms with Gasteiger partial charge in [-0.25, -0.2) is 4.79 Å². The van der Waals surface area contributed by atoms with E-state index in [9.17, 15) is 9.59 Å². The number of hydrogen-bond donors (Lipinski definition) is 2. The highest BCUT2D eigenvalue weighted by Gasteiger charge is 2.30. The van der Waals surface area contributed by atoms with E-state index in [1.807, 2.05) is 26.0 Å². The van der Waals surface area contributed by atoms with E-state index in [4.69, 9.17) is 23.2 Å². The van der Waals surface area contributed by atoms with Crippen LogP contribution in [-0.4, -0.2) is 29.9 Å². The van der Waals surface area contributed by atoms with Crippen molar-refractivity contribution in [1.82, 2.24) is 4.90 Å². The van der Waals surface area contributed by atoms with Crippen LogP contribution in [0.2, 0.25) is 10.0 Å². The Bertz CT molecular complexity index is 878. The van der Waals surface area contributed by atoms with Crippen LogP contribution < -0.4 is 10.6 Å². The van der Waals surface area contributed by atoms with Gasteiger partial charge in [-0.05, 0) is 67.6 Å². The maximum absolute atomic E-state index is 12.7. The molecule has 2 N–H and O–H groups in total. The Morgan fingerprint density at radius 2 is 1.69 bits per heavy atom. The van der Waals surface area contributed by atoms with Gasteiger partial charge in [-0.2, -0.15) is 0 Å². The van der Waals surface area contributed by atoms with E-state index >= 15 is 0 Å². The third-order valence-corrected chi connectivity index (χ3v) is 6.23. The van der Waals surface area contributed by atoms with Crippen molar-refractivity contribution >= 4 is 46.5 Å². The van der Waals surface area contributed by atoms with Crippen molar-refractivity contribution in [2.45, 2.75) is 26.7 Å². The van der Waals surface area contributed by atoms with E-state index < -0.39 is 0 Å². The van der Waals surface area contributed by atoms with Crippen LogP contribution in [0.3, 0.4) is 0 Å². The Morgan fingerprint density at radius 3 is 2.34 bits per heavy atom. The Morgan fingerprint density at radius 1 is 1.03 bits per heavy atom. The summed E-state index contributed by atoms with van der Waals surface area (Å²) < 4.78 is 0. The molecule has 1 heterocycles. The van der Waals surface area contributed by atoms with Gasteiger partial charge in [0.1, 0.15) is 0 Å². The number of urea groups is 1. The Labute approximate surface area is 181 Å². The number of nitrogens with one attached hydrogen (secondary N) is 2. The second-order valence-electron chi connectivity index (χ2n) is 7.45. The SMILES string of the molecule is Cc1c(Cl)cccc1NC(=O)C(C)C1CCN(C(=O)Nc2ccc(Cl)cc2)CC1. The van der Waals surface area contributed by atoms with Crippen LogP contribution in [-0.2, 0) is 4.79 Å². The molecule has 2 aromatic carbocycles. The van der Waals surface area contributed by atoms with Gasteiger partial charge in [-0.15, -0.1) is 0 Å². The number of rotatable bonds is 4. The molecule has 3 rings (SSSR count). The smallest absolute Gasteiger partial charge is 0.321 e. The average Bonchev–Trinajstić information content (AvgIpc) is 2.72. The zero-order valence-electron chi connectivity index (χ0n) is 16.5. The number of nitrogens with zero attached hydrogens (tertiary/aromatic N) is 1. The lowest BCUT2D eigenvalue weighted by Gasteiger charge is -2.34. The predicted molar refractivity (Wildman–Crippen MR) is 119 cm³/mol. The Hall–Kier alpha value is -2.24. The third kappa shape index (κ3) is 5.43. The van der Waals surface area contributed by atoms with Gasteiger partial charge in [0, 0.05) is 40.4 Å². The fourth-order valence-electron chi connectivity index (χ4n) is 3.54. The second-order valence-corrected chi connectivity index (χ2v) is 8.30. The number of piperidine rings is 1. The fourth-order valence-corrected chi connectivity index (χ4v) is 3.84. The zero-order chi connectivity index (χ0) is 21.0. The number of anilines is 2. The molecule has 1 aliphatic heterocycles. The number of carbonyl (C=O) groups is 2. The van der Waals surface area contributed by atoms with Crippen LogP contribution in [0.4, 0.5) is 16.2 Å². The number of hydrogen-bond acceptors (Lipinski definition) is 2. The van der Waals surface area contributed by atoms with Gasteiger partial charge in [0.05, 0.1) is 0 Å². The minimum atomic E-state index is -0.144. The summed E-state index contributed by atoms with van der Waals surface area (Å²) in [6, 6.07) is 12.4. The molecule has 0 aliphatic carbocycles. The van der Waals surface area contributed by atoms with Crippen molar-refractivity contribution in [3.63, 3.8) is 0 Å². The molecule has 3 amide bonds. The van der Waals surface area contributed by atoms with Gasteiger partial charge in [-0.3, -0.25) is 4.79 Å². The molecule has 5 nitrogen and oxygen atoms in total. The molecule has 0 saturated carbocycles. The van der Waals surface area contributed by atoms with Crippen molar-refractivity contribution < 1.29 is 9.59 Å². The molecule has 1 aliphatic rings. The molecule has 1 fully saturated rings. The lowest BCUT2D eigenvalue weighted by molar-refractivity contribution is -0.121. The van der Waals surface area contributed by atoms with Gasteiger partial charge < -0.3 is 15.5 Å². The first-order chi connectivity index (χ1) is 13.8. The first kappa shape index (κ1) is 21.5. The van der Waals surface area contributed by atoms with Crippen LogP contribution in [0.1, 0.15) is 25.3 Å². The van der Waals surface area contributed by atoms with Crippen LogP contribution >= 0.6 is 23.2 Å². The van der Waals surface area contributed by atoms with Crippen molar-refractivity contribution in [2.75, 3.05) is 23.7 Å². The largest absolute Gasteiger partial charge is 0.326 e. The van der Waals surface area contributed by atoms with Crippen LogP contribution in [0.15, 0.2) is 42.5 Å². The van der Waals surface area contributed by atoms with Crippen molar-refractivity contribution in [2.24, 2.45) is 11.8 Å². The first-order valence-corrected chi connectivity index (χ1v) is 10.5. The minimum Gasteiger partial charge on any atom is -0.326 e. The number of amides is 3. The molecular formula is C22H25Cl2N3O2.